The number of esters is 1. The van der Waals surface area contributed by atoms with Gasteiger partial charge in [0, 0.05) is 39.4 Å². The first-order valence-corrected chi connectivity index (χ1v) is 14.8. The minimum Gasteiger partial charge on any atom is -0.427 e. The zero-order valence-corrected chi connectivity index (χ0v) is 24.5. The minimum atomic E-state index is -1.85. The number of nitrogens with one attached hydrogen (secondary N) is 2. The predicted molar refractivity (Wildman–Crippen MR) is 165 cm³/mol. The average molecular weight is 591 g/mol. The molecule has 2 aliphatic rings. The maximum atomic E-state index is 14.8. The Morgan fingerprint density at radius 2 is 1.64 bits per heavy atom. The Balaban J connectivity index is 1.42. The predicted octanol–water partition coefficient (Wildman–Crippen LogP) is 3.55. The molecular formula is C35H34N4O5. The van der Waals surface area contributed by atoms with Gasteiger partial charge in [0.15, 0.2) is 0 Å². The van der Waals surface area contributed by atoms with Crippen molar-refractivity contribution in [3.63, 3.8) is 0 Å². The number of hydrogen-bond donors (Lipinski definition) is 2. The van der Waals surface area contributed by atoms with Crippen molar-refractivity contribution in [1.29, 1.82) is 0 Å². The van der Waals surface area contributed by atoms with Gasteiger partial charge in [-0.05, 0) is 39.6 Å². The Kier molecular flexibility index (Phi) is 8.13. The Morgan fingerprint density at radius 3 is 2.41 bits per heavy atom. The summed E-state index contributed by atoms with van der Waals surface area (Å²) in [6.45, 7) is 2.49. The van der Waals surface area contributed by atoms with E-state index in [1.807, 2.05) is 72.8 Å². The second kappa shape index (κ2) is 12.3. The third kappa shape index (κ3) is 5.66. The topological polar surface area (TPSA) is 108 Å². The Bertz CT molecular complexity index is 1700. The molecule has 3 amide bonds. The molecule has 0 aliphatic carbocycles. The molecule has 1 unspecified atom stereocenters. The number of carbonyl (C=O) groups excluding carboxylic acids is 4. The van der Waals surface area contributed by atoms with Crippen LogP contribution in [0, 0.1) is 0 Å². The van der Waals surface area contributed by atoms with Crippen LogP contribution in [0.4, 0.5) is 0 Å². The van der Waals surface area contributed by atoms with Crippen LogP contribution < -0.4 is 15.4 Å². The van der Waals surface area contributed by atoms with E-state index in [4.69, 9.17) is 4.74 Å². The van der Waals surface area contributed by atoms with Crippen molar-refractivity contribution < 1.29 is 23.9 Å². The highest BCUT2D eigenvalue weighted by molar-refractivity contribution is 6.13. The maximum absolute atomic E-state index is 14.8. The molecule has 2 heterocycles. The maximum Gasteiger partial charge on any atom is 0.308 e. The molecule has 0 spiro atoms. The minimum absolute atomic E-state index is 0.0528. The number of hydrogen-bond acceptors (Lipinski definition) is 6. The fourth-order valence-corrected chi connectivity index (χ4v) is 6.29. The molecule has 2 N–H and O–H groups in total. The molecule has 0 saturated carbocycles. The summed E-state index contributed by atoms with van der Waals surface area (Å²) in [5, 5.41) is 8.47. The molecule has 2 aliphatic heterocycles. The molecule has 0 bridgehead atoms. The van der Waals surface area contributed by atoms with Gasteiger partial charge in [-0.25, -0.2) is 0 Å². The number of nitrogens with zero attached hydrogens (tertiary/aromatic N) is 2. The SMILES string of the molecule is CC(=O)Oc1ccc(C[C@]2(C(=O)NCc3ccccc3)C(=O)N(Cc3cccc4ccccc34)CC3NCCC(=O)N32)cc1. The molecule has 4 aromatic carbocycles. The lowest BCUT2D eigenvalue weighted by Gasteiger charge is -2.54. The lowest BCUT2D eigenvalue weighted by Crippen LogP contribution is -2.79. The van der Waals surface area contributed by atoms with E-state index in [-0.39, 0.29) is 38.4 Å². The van der Waals surface area contributed by atoms with Crippen molar-refractivity contribution in [2.45, 2.75) is 44.6 Å². The van der Waals surface area contributed by atoms with Gasteiger partial charge in [-0.15, -0.1) is 0 Å². The van der Waals surface area contributed by atoms with Crippen molar-refractivity contribution in [1.82, 2.24) is 20.4 Å². The van der Waals surface area contributed by atoms with Crippen LogP contribution in [-0.2, 0) is 38.7 Å². The van der Waals surface area contributed by atoms with E-state index in [0.717, 1.165) is 21.9 Å². The van der Waals surface area contributed by atoms with Crippen LogP contribution in [0.1, 0.15) is 30.0 Å². The van der Waals surface area contributed by atoms with Crippen molar-refractivity contribution in [3.05, 3.63) is 114 Å². The molecule has 2 fully saturated rings. The molecule has 9 heteroatoms. The average Bonchev–Trinajstić information content (AvgIpc) is 3.03. The smallest absolute Gasteiger partial charge is 0.308 e. The zero-order chi connectivity index (χ0) is 30.7. The van der Waals surface area contributed by atoms with Crippen LogP contribution in [0.3, 0.4) is 0 Å². The standard InChI is InChI=1S/C35H34N4O5/c1-24(40)44-29-16-14-25(15-17-29)20-35(33(42)37-21-26-8-3-2-4-9-26)34(43)38(23-31-36-19-18-32(41)39(31)35)22-28-12-7-11-27-10-5-6-13-30(27)28/h2-17,31,36H,18-23H2,1H3,(H,37,42)/t31?,35-/m0/s1. The Morgan fingerprint density at radius 1 is 0.909 bits per heavy atom. The summed E-state index contributed by atoms with van der Waals surface area (Å²) in [6, 6.07) is 30.1. The first-order valence-electron chi connectivity index (χ1n) is 14.8. The fourth-order valence-electron chi connectivity index (χ4n) is 6.29. The monoisotopic (exact) mass is 590 g/mol. The molecule has 2 atom stereocenters. The van der Waals surface area contributed by atoms with Crippen LogP contribution in [0.25, 0.3) is 10.8 Å². The van der Waals surface area contributed by atoms with Gasteiger partial charge in [-0.2, -0.15) is 0 Å². The molecule has 224 valence electrons. The Hall–Kier alpha value is -5.02. The number of rotatable bonds is 8. The molecular weight excluding hydrogens is 556 g/mol. The summed E-state index contributed by atoms with van der Waals surface area (Å²) in [5.41, 5.74) is 0.622. The molecule has 0 radical (unpaired) electrons. The van der Waals surface area contributed by atoms with Gasteiger partial charge in [0.05, 0.1) is 6.54 Å². The van der Waals surface area contributed by atoms with Gasteiger partial charge >= 0.3 is 5.97 Å². The summed E-state index contributed by atoms with van der Waals surface area (Å²) >= 11 is 0. The van der Waals surface area contributed by atoms with Crippen molar-refractivity contribution in [2.75, 3.05) is 13.1 Å². The van der Waals surface area contributed by atoms with Crippen molar-refractivity contribution in [3.8, 4) is 5.75 Å². The summed E-state index contributed by atoms with van der Waals surface area (Å²) in [6.07, 6.45) is -0.429. The lowest BCUT2D eigenvalue weighted by molar-refractivity contribution is -0.177. The number of fused-ring (bicyclic) bond motifs is 2. The van der Waals surface area contributed by atoms with E-state index in [2.05, 4.69) is 10.6 Å². The molecule has 0 aromatic heterocycles. The van der Waals surface area contributed by atoms with E-state index in [1.165, 1.54) is 11.8 Å². The number of carbonyl (C=O) groups is 4. The van der Waals surface area contributed by atoms with Crippen LogP contribution in [0.2, 0.25) is 0 Å². The molecule has 2 saturated heterocycles. The highest BCUT2D eigenvalue weighted by Crippen LogP contribution is 2.35. The molecule has 6 rings (SSSR count). The summed E-state index contributed by atoms with van der Waals surface area (Å²) < 4.78 is 5.19. The van der Waals surface area contributed by atoms with Gasteiger partial charge in [0.25, 0.3) is 11.8 Å². The first-order chi connectivity index (χ1) is 21.3. The van der Waals surface area contributed by atoms with E-state index < -0.39 is 29.5 Å². The van der Waals surface area contributed by atoms with Gasteiger partial charge < -0.3 is 19.9 Å². The quantitative estimate of drug-likeness (QED) is 0.185. The van der Waals surface area contributed by atoms with Gasteiger partial charge in [0.2, 0.25) is 11.4 Å². The highest BCUT2D eigenvalue weighted by atomic mass is 16.5. The highest BCUT2D eigenvalue weighted by Gasteiger charge is 2.60. The number of amides is 3. The summed E-state index contributed by atoms with van der Waals surface area (Å²) in [7, 11) is 0. The lowest BCUT2D eigenvalue weighted by atomic mass is 9.82. The third-order valence-corrected chi connectivity index (χ3v) is 8.30. The number of benzene rings is 4. The fraction of sp³-hybridized carbons (Fsp3) is 0.257. The zero-order valence-electron chi connectivity index (χ0n) is 24.5. The second-order valence-electron chi connectivity index (χ2n) is 11.3. The van der Waals surface area contributed by atoms with E-state index >= 15 is 0 Å². The van der Waals surface area contributed by atoms with E-state index in [9.17, 15) is 19.2 Å². The molecule has 4 aromatic rings. The summed E-state index contributed by atoms with van der Waals surface area (Å²) in [4.78, 5) is 57.6. The second-order valence-corrected chi connectivity index (χ2v) is 11.3. The van der Waals surface area contributed by atoms with Gasteiger partial charge in [-0.1, -0.05) is 84.9 Å². The van der Waals surface area contributed by atoms with Crippen molar-refractivity contribution in [2.24, 2.45) is 0 Å². The number of ether oxygens (including phenoxy) is 1. The van der Waals surface area contributed by atoms with Gasteiger partial charge in [0.1, 0.15) is 11.9 Å². The van der Waals surface area contributed by atoms with Crippen LogP contribution >= 0.6 is 0 Å². The van der Waals surface area contributed by atoms with E-state index in [1.54, 1.807) is 29.2 Å². The largest absolute Gasteiger partial charge is 0.427 e. The summed E-state index contributed by atoms with van der Waals surface area (Å²) in [5.74, 6) is -1.33. The van der Waals surface area contributed by atoms with Crippen LogP contribution in [0.15, 0.2) is 97.1 Å². The molecule has 44 heavy (non-hydrogen) atoms. The normalized spacial score (nSPS) is 19.9. The number of piperazine rings is 1. The van der Waals surface area contributed by atoms with E-state index in [0.29, 0.717) is 17.9 Å². The Labute approximate surface area is 255 Å². The van der Waals surface area contributed by atoms with Crippen molar-refractivity contribution >= 4 is 34.5 Å². The molecule has 9 nitrogen and oxygen atoms in total. The van der Waals surface area contributed by atoms with Crippen LogP contribution in [-0.4, -0.2) is 58.3 Å². The van der Waals surface area contributed by atoms with Gasteiger partial charge in [-0.3, -0.25) is 24.5 Å². The first kappa shape index (κ1) is 29.1. The van der Waals surface area contributed by atoms with Crippen LogP contribution in [0.5, 0.6) is 5.75 Å². The third-order valence-electron chi connectivity index (χ3n) is 8.30.